The minimum atomic E-state index is -0.348. The van der Waals surface area contributed by atoms with Gasteiger partial charge in [0, 0.05) is 0 Å². The maximum atomic E-state index is 2.99. The fourth-order valence-corrected chi connectivity index (χ4v) is 9.14. The minimum Gasteiger partial charge on any atom is -1.00 e. The topological polar surface area (TPSA) is 0 Å². The largest absolute Gasteiger partial charge is 2.00 e. The number of rotatable bonds is 7. The molecule has 0 bridgehead atoms. The van der Waals surface area contributed by atoms with E-state index in [1.807, 2.05) is 12.2 Å². The standard InChI is InChI=1S/C26H24P2.C5H5.2ClH.V/c1-5-13-23(14-6-1)27(24-15-7-2-8-16-24)21-22-28(25-17-9-3-10-18-25)26-19-11-4-12-20-26;1-2-4-5-3-1;;;/h1-20H,21-22H2;1-3H,4H2;2*1H;/q;-1;;;+2/p-2. The molecule has 0 N–H and O–H groups in total. The second-order valence-electron chi connectivity index (χ2n) is 7.65. The van der Waals surface area contributed by atoms with E-state index in [9.17, 15) is 0 Å². The molecule has 0 nitrogen and oxygen atoms in total. The molecule has 183 valence electrons. The van der Waals surface area contributed by atoms with Crippen LogP contribution in [0.5, 0.6) is 0 Å². The Kier molecular flexibility index (Phi) is 16.7. The van der Waals surface area contributed by atoms with Crippen LogP contribution in [0.4, 0.5) is 0 Å². The Labute approximate surface area is 243 Å². The van der Waals surface area contributed by atoms with Gasteiger partial charge in [-0.05, 0) is 49.4 Å². The van der Waals surface area contributed by atoms with Gasteiger partial charge in [-0.25, -0.2) is 12.2 Å². The third-order valence-corrected chi connectivity index (χ3v) is 10.8. The summed E-state index contributed by atoms with van der Waals surface area (Å²) in [5, 5.41) is 5.89. The molecule has 5 rings (SSSR count). The van der Waals surface area contributed by atoms with Gasteiger partial charge in [-0.3, -0.25) is 6.08 Å². The van der Waals surface area contributed by atoms with Crippen molar-refractivity contribution in [2.24, 2.45) is 0 Å². The van der Waals surface area contributed by atoms with Gasteiger partial charge in [0.05, 0.1) is 0 Å². The number of hydrogen-bond acceptors (Lipinski definition) is 0. The fourth-order valence-electron chi connectivity index (χ4n) is 3.79. The number of allylic oxidation sites excluding steroid dienone is 4. The monoisotopic (exact) mass is 584 g/mol. The molecule has 0 heterocycles. The quantitative estimate of drug-likeness (QED) is 0.220. The van der Waals surface area contributed by atoms with Gasteiger partial charge in [-0.2, -0.15) is 6.08 Å². The van der Waals surface area contributed by atoms with Crippen LogP contribution < -0.4 is 46.0 Å². The third-order valence-electron chi connectivity index (χ3n) is 5.40. The van der Waals surface area contributed by atoms with Crippen LogP contribution in [0.1, 0.15) is 6.42 Å². The molecular weight excluding hydrogens is 556 g/mol. The van der Waals surface area contributed by atoms with Crippen molar-refractivity contribution < 1.29 is 43.4 Å². The van der Waals surface area contributed by atoms with Gasteiger partial charge in [0.15, 0.2) is 0 Å². The smallest absolute Gasteiger partial charge is 1.00 e. The molecule has 0 spiro atoms. The van der Waals surface area contributed by atoms with E-state index in [1.54, 1.807) is 0 Å². The van der Waals surface area contributed by atoms with Crippen molar-refractivity contribution in [3.8, 4) is 0 Å². The van der Waals surface area contributed by atoms with Crippen LogP contribution in [0.15, 0.2) is 140 Å². The average Bonchev–Trinajstić information content (AvgIpc) is 3.49. The average molecular weight is 585 g/mol. The summed E-state index contributed by atoms with van der Waals surface area (Å²) in [5.74, 6) is 0. The molecule has 4 aromatic carbocycles. The summed E-state index contributed by atoms with van der Waals surface area (Å²) in [4.78, 5) is 0. The molecule has 0 aliphatic heterocycles. The molecule has 5 heteroatoms. The Hall–Kier alpha value is -1.62. The second-order valence-corrected chi connectivity index (χ2v) is 12.3. The van der Waals surface area contributed by atoms with Gasteiger partial charge < -0.3 is 24.8 Å². The maximum absolute atomic E-state index is 2.99. The zero-order valence-electron chi connectivity index (χ0n) is 20.0. The molecule has 0 saturated carbocycles. The van der Waals surface area contributed by atoms with E-state index in [0.717, 1.165) is 6.42 Å². The van der Waals surface area contributed by atoms with Crippen LogP contribution in [0, 0.1) is 6.08 Å². The van der Waals surface area contributed by atoms with Crippen LogP contribution in [0.2, 0.25) is 0 Å². The van der Waals surface area contributed by atoms with E-state index < -0.39 is 0 Å². The molecule has 1 radical (unpaired) electrons. The Morgan fingerprint density at radius 3 is 1.00 bits per heavy atom. The van der Waals surface area contributed by atoms with Crippen molar-refractivity contribution in [3.05, 3.63) is 146 Å². The Morgan fingerprint density at radius 2 is 0.806 bits per heavy atom. The van der Waals surface area contributed by atoms with Crippen molar-refractivity contribution in [3.63, 3.8) is 0 Å². The summed E-state index contributed by atoms with van der Waals surface area (Å²) < 4.78 is 0. The molecule has 0 aromatic heterocycles. The van der Waals surface area contributed by atoms with Crippen molar-refractivity contribution in [1.29, 1.82) is 0 Å². The normalized spacial score (nSPS) is 11.1. The van der Waals surface area contributed by atoms with Crippen molar-refractivity contribution >= 4 is 37.1 Å². The molecule has 1 aliphatic rings. The number of halogens is 2. The van der Waals surface area contributed by atoms with Crippen molar-refractivity contribution in [2.45, 2.75) is 6.42 Å². The van der Waals surface area contributed by atoms with Gasteiger partial charge in [0.1, 0.15) is 0 Å². The summed E-state index contributed by atoms with van der Waals surface area (Å²) in [6.45, 7) is 0. The van der Waals surface area contributed by atoms with Gasteiger partial charge in [0.25, 0.3) is 0 Å². The second kappa shape index (κ2) is 18.6. The molecule has 1 aliphatic carbocycles. The first-order chi connectivity index (χ1) is 16.4. The van der Waals surface area contributed by atoms with Crippen LogP contribution in [-0.2, 0) is 18.6 Å². The predicted molar refractivity (Wildman–Crippen MR) is 149 cm³/mol. The van der Waals surface area contributed by atoms with Crippen LogP contribution >= 0.6 is 15.8 Å². The molecule has 36 heavy (non-hydrogen) atoms. The van der Waals surface area contributed by atoms with E-state index >= 15 is 0 Å². The molecule has 0 saturated heterocycles. The molecule has 4 aromatic rings. The van der Waals surface area contributed by atoms with E-state index in [2.05, 4.69) is 133 Å². The molecule has 0 fully saturated rings. The first-order valence-corrected chi connectivity index (χ1v) is 14.4. The summed E-state index contributed by atoms with van der Waals surface area (Å²) in [5.41, 5.74) is 0. The van der Waals surface area contributed by atoms with Gasteiger partial charge in [-0.1, -0.05) is 121 Å². The number of benzene rings is 4. The van der Waals surface area contributed by atoms with Crippen LogP contribution in [0.25, 0.3) is 0 Å². The molecule has 0 atom stereocenters. The van der Waals surface area contributed by atoms with Gasteiger partial charge >= 0.3 is 18.6 Å². The summed E-state index contributed by atoms with van der Waals surface area (Å²) in [6, 6.07) is 44.2. The van der Waals surface area contributed by atoms with E-state index in [0.29, 0.717) is 0 Å². The third kappa shape index (κ3) is 10.0. The first-order valence-electron chi connectivity index (χ1n) is 11.4. The Balaban J connectivity index is 0.000000727. The predicted octanol–water partition coefficient (Wildman–Crippen LogP) is 0.563. The minimum absolute atomic E-state index is 0. The SMILES string of the molecule is [C-]1=CC=CC1.[Cl-].[Cl-].[V+2].c1ccc(P(CCP(c2ccccc2)c2ccccc2)c2ccccc2)cc1. The molecular formula is C31H29Cl2P2V-. The fraction of sp³-hybridized carbons (Fsp3) is 0.0968. The molecule has 0 unspecified atom stereocenters. The van der Waals surface area contributed by atoms with Gasteiger partial charge in [-0.15, -0.1) is 6.42 Å². The first kappa shape index (κ1) is 32.4. The summed E-state index contributed by atoms with van der Waals surface area (Å²) >= 11 is 0. The zero-order chi connectivity index (χ0) is 22.6. The van der Waals surface area contributed by atoms with E-state index in [4.69, 9.17) is 0 Å². The van der Waals surface area contributed by atoms with Crippen molar-refractivity contribution in [2.75, 3.05) is 12.3 Å². The van der Waals surface area contributed by atoms with E-state index in [1.165, 1.54) is 33.5 Å². The number of hydrogen-bond donors (Lipinski definition) is 0. The zero-order valence-corrected chi connectivity index (χ0v) is 24.7. The molecule has 0 amide bonds. The van der Waals surface area contributed by atoms with E-state index in [-0.39, 0.29) is 59.2 Å². The van der Waals surface area contributed by atoms with Gasteiger partial charge in [0.2, 0.25) is 0 Å². The van der Waals surface area contributed by atoms with Crippen LogP contribution in [0.3, 0.4) is 0 Å². The van der Waals surface area contributed by atoms with Crippen molar-refractivity contribution in [1.82, 2.24) is 0 Å². The Bertz CT molecular complexity index is 966. The Morgan fingerprint density at radius 1 is 0.500 bits per heavy atom. The summed E-state index contributed by atoms with van der Waals surface area (Å²) in [6.07, 6.45) is 12.4. The maximum Gasteiger partial charge on any atom is 2.00 e. The summed E-state index contributed by atoms with van der Waals surface area (Å²) in [7, 11) is -0.696. The van der Waals surface area contributed by atoms with Crippen LogP contribution in [-0.4, -0.2) is 12.3 Å².